The highest BCUT2D eigenvalue weighted by Gasteiger charge is 2.09. The van der Waals surface area contributed by atoms with E-state index in [-0.39, 0.29) is 0 Å². The van der Waals surface area contributed by atoms with Gasteiger partial charge in [-0.05, 0) is 11.5 Å². The second-order valence-electron chi connectivity index (χ2n) is 2.77. The molecular formula is C10H9N3OS. The fourth-order valence-corrected chi connectivity index (χ4v) is 1.72. The lowest BCUT2D eigenvalue weighted by Crippen LogP contribution is -2.01. The van der Waals surface area contributed by atoms with Crippen LogP contribution in [-0.4, -0.2) is 22.4 Å². The summed E-state index contributed by atoms with van der Waals surface area (Å²) >= 11 is 1.29. The number of rotatable bonds is 3. The van der Waals surface area contributed by atoms with Gasteiger partial charge >= 0.3 is 0 Å². The highest BCUT2D eigenvalue weighted by atomic mass is 32.1. The Hall–Kier alpha value is -1.75. The molecule has 4 nitrogen and oxygen atoms in total. The third-order valence-electron chi connectivity index (χ3n) is 1.82. The third kappa shape index (κ3) is 2.19. The van der Waals surface area contributed by atoms with Gasteiger partial charge in [-0.2, -0.15) is 0 Å². The fraction of sp³-hybridized carbons (Fsp3) is 0.100. The van der Waals surface area contributed by atoms with Crippen molar-refractivity contribution in [1.29, 1.82) is 0 Å². The second kappa shape index (κ2) is 4.65. The Morgan fingerprint density at radius 2 is 2.13 bits per heavy atom. The average molecular weight is 219 g/mol. The van der Waals surface area contributed by atoms with Crippen molar-refractivity contribution in [1.82, 2.24) is 9.59 Å². The molecule has 1 aromatic carbocycles. The minimum absolute atomic E-state index is 0.758. The lowest BCUT2D eigenvalue weighted by Gasteiger charge is -2.01. The molecule has 0 atom stereocenters. The Labute approximate surface area is 91.4 Å². The molecule has 76 valence electrons. The molecule has 0 amide bonds. The van der Waals surface area contributed by atoms with Gasteiger partial charge in [0.1, 0.15) is 12.8 Å². The summed E-state index contributed by atoms with van der Waals surface area (Å²) in [6, 6.07) is 9.80. The predicted molar refractivity (Wildman–Crippen MR) is 59.0 cm³/mol. The van der Waals surface area contributed by atoms with Crippen LogP contribution in [0.25, 0.3) is 0 Å². The van der Waals surface area contributed by atoms with Crippen LogP contribution in [0.4, 0.5) is 0 Å². The van der Waals surface area contributed by atoms with Crippen LogP contribution in [0, 0.1) is 0 Å². The van der Waals surface area contributed by atoms with Gasteiger partial charge < -0.3 is 4.84 Å². The number of nitrogens with zero attached hydrogens (tertiary/aromatic N) is 3. The van der Waals surface area contributed by atoms with Gasteiger partial charge in [-0.1, -0.05) is 40.0 Å². The molecular weight excluding hydrogens is 210 g/mol. The van der Waals surface area contributed by atoms with Gasteiger partial charge in [0.2, 0.25) is 0 Å². The van der Waals surface area contributed by atoms with Crippen LogP contribution < -0.4 is 0 Å². The van der Waals surface area contributed by atoms with Crippen LogP contribution in [0.3, 0.4) is 0 Å². The second-order valence-corrected chi connectivity index (χ2v) is 3.56. The largest absolute Gasteiger partial charge is 0.399 e. The van der Waals surface area contributed by atoms with E-state index in [2.05, 4.69) is 14.7 Å². The highest BCUT2D eigenvalue weighted by Crippen LogP contribution is 2.12. The van der Waals surface area contributed by atoms with Crippen molar-refractivity contribution < 1.29 is 4.84 Å². The molecule has 0 unspecified atom stereocenters. The maximum atomic E-state index is 4.82. The van der Waals surface area contributed by atoms with Crippen LogP contribution in [-0.2, 0) is 4.84 Å². The van der Waals surface area contributed by atoms with Crippen LogP contribution in [0.2, 0.25) is 0 Å². The van der Waals surface area contributed by atoms with Gasteiger partial charge in [0.15, 0.2) is 0 Å². The van der Waals surface area contributed by atoms with Crippen molar-refractivity contribution in [3.8, 4) is 0 Å². The molecule has 0 N–H and O–H groups in total. The van der Waals surface area contributed by atoms with Crippen molar-refractivity contribution in [3.63, 3.8) is 0 Å². The lowest BCUT2D eigenvalue weighted by atomic mass is 10.1. The Morgan fingerprint density at radius 3 is 2.73 bits per heavy atom. The van der Waals surface area contributed by atoms with Gasteiger partial charge in [0.05, 0.1) is 11.1 Å². The molecule has 2 aromatic rings. The standard InChI is InChI=1S/C10H9N3OS/c1-14-12-10(9-7-11-13-15-9)8-5-3-2-4-6-8/h2-7H,1H3/b12-10-. The van der Waals surface area contributed by atoms with E-state index in [4.69, 9.17) is 4.84 Å². The topological polar surface area (TPSA) is 47.4 Å². The first kappa shape index (κ1) is 9.79. The molecule has 0 fully saturated rings. The molecule has 0 saturated heterocycles. The van der Waals surface area contributed by atoms with E-state index in [0.717, 1.165) is 16.2 Å². The van der Waals surface area contributed by atoms with Crippen molar-refractivity contribution in [2.45, 2.75) is 0 Å². The maximum absolute atomic E-state index is 4.82. The van der Waals surface area contributed by atoms with Gasteiger partial charge in [-0.3, -0.25) is 0 Å². The van der Waals surface area contributed by atoms with Crippen molar-refractivity contribution in [3.05, 3.63) is 47.0 Å². The predicted octanol–water partition coefficient (Wildman–Crippen LogP) is 1.94. The van der Waals surface area contributed by atoms with E-state index >= 15 is 0 Å². The van der Waals surface area contributed by atoms with E-state index in [0.29, 0.717) is 0 Å². The number of benzene rings is 1. The summed E-state index contributed by atoms with van der Waals surface area (Å²) in [7, 11) is 1.53. The number of aromatic nitrogens is 2. The number of oxime groups is 1. The lowest BCUT2D eigenvalue weighted by molar-refractivity contribution is 0.214. The first-order valence-electron chi connectivity index (χ1n) is 4.36. The molecule has 0 radical (unpaired) electrons. The Morgan fingerprint density at radius 1 is 1.33 bits per heavy atom. The normalized spacial score (nSPS) is 11.4. The molecule has 0 aliphatic heterocycles. The average Bonchev–Trinajstić information content (AvgIpc) is 2.80. The van der Waals surface area contributed by atoms with E-state index < -0.39 is 0 Å². The number of hydrogen-bond donors (Lipinski definition) is 0. The molecule has 0 aliphatic carbocycles. The minimum atomic E-state index is 0.758. The zero-order valence-electron chi connectivity index (χ0n) is 8.12. The summed E-state index contributed by atoms with van der Waals surface area (Å²) in [6.45, 7) is 0. The van der Waals surface area contributed by atoms with Crippen LogP contribution in [0.1, 0.15) is 10.4 Å². The Kier molecular flexibility index (Phi) is 3.04. The third-order valence-corrected chi connectivity index (χ3v) is 2.50. The van der Waals surface area contributed by atoms with Crippen LogP contribution in [0.5, 0.6) is 0 Å². The molecule has 0 bridgehead atoms. The summed E-state index contributed by atoms with van der Waals surface area (Å²) in [6.07, 6.45) is 1.68. The maximum Gasteiger partial charge on any atom is 0.130 e. The molecule has 0 aliphatic rings. The Bertz CT molecular complexity index is 439. The van der Waals surface area contributed by atoms with Gasteiger partial charge in [-0.15, -0.1) is 5.10 Å². The molecule has 15 heavy (non-hydrogen) atoms. The van der Waals surface area contributed by atoms with Crippen molar-refractivity contribution in [2.75, 3.05) is 7.11 Å². The van der Waals surface area contributed by atoms with E-state index in [1.54, 1.807) is 6.20 Å². The minimum Gasteiger partial charge on any atom is -0.399 e. The first-order chi connectivity index (χ1) is 7.42. The zero-order valence-corrected chi connectivity index (χ0v) is 8.94. The smallest absolute Gasteiger partial charge is 0.130 e. The summed E-state index contributed by atoms with van der Waals surface area (Å²) in [4.78, 5) is 5.71. The Balaban J connectivity index is 2.42. The van der Waals surface area contributed by atoms with E-state index in [1.807, 2.05) is 30.3 Å². The SMILES string of the molecule is CO/N=C(/c1ccccc1)c1cnns1. The molecule has 1 heterocycles. The summed E-state index contributed by atoms with van der Waals surface area (Å²) in [5.74, 6) is 0. The molecule has 2 rings (SSSR count). The van der Waals surface area contributed by atoms with Crippen molar-refractivity contribution >= 4 is 17.2 Å². The van der Waals surface area contributed by atoms with E-state index in [1.165, 1.54) is 18.6 Å². The molecule has 1 aromatic heterocycles. The van der Waals surface area contributed by atoms with Gasteiger partial charge in [0, 0.05) is 5.56 Å². The molecule has 0 saturated carbocycles. The number of hydrogen-bond acceptors (Lipinski definition) is 5. The van der Waals surface area contributed by atoms with E-state index in [9.17, 15) is 0 Å². The molecule has 0 spiro atoms. The summed E-state index contributed by atoms with van der Waals surface area (Å²) in [5, 5.41) is 7.77. The fourth-order valence-electron chi connectivity index (χ4n) is 1.20. The van der Waals surface area contributed by atoms with Crippen LogP contribution >= 0.6 is 11.5 Å². The quantitative estimate of drug-likeness (QED) is 0.585. The van der Waals surface area contributed by atoms with Gasteiger partial charge in [0.25, 0.3) is 0 Å². The van der Waals surface area contributed by atoms with Gasteiger partial charge in [-0.25, -0.2) is 0 Å². The monoisotopic (exact) mass is 219 g/mol. The summed E-state index contributed by atoms with van der Waals surface area (Å²) in [5.41, 5.74) is 1.75. The highest BCUT2D eigenvalue weighted by molar-refractivity contribution is 7.08. The van der Waals surface area contributed by atoms with Crippen LogP contribution in [0.15, 0.2) is 41.7 Å². The van der Waals surface area contributed by atoms with Crippen molar-refractivity contribution in [2.24, 2.45) is 5.16 Å². The summed E-state index contributed by atoms with van der Waals surface area (Å²) < 4.78 is 3.81. The zero-order chi connectivity index (χ0) is 10.5. The molecule has 5 heteroatoms. The first-order valence-corrected chi connectivity index (χ1v) is 5.13.